The van der Waals surface area contributed by atoms with Gasteiger partial charge in [-0.2, -0.15) is 0 Å². The largest absolute Gasteiger partial charge is 0.481 e. The van der Waals surface area contributed by atoms with Crippen LogP contribution in [0.2, 0.25) is 0 Å². The highest BCUT2D eigenvalue weighted by Crippen LogP contribution is 2.19. The van der Waals surface area contributed by atoms with E-state index in [1.807, 2.05) is 20.8 Å². The van der Waals surface area contributed by atoms with Gasteiger partial charge >= 0.3 is 0 Å². The average Bonchev–Trinajstić information content (AvgIpc) is 2.35. The molecule has 2 N–H and O–H groups in total. The number of rotatable bonds is 6. The van der Waals surface area contributed by atoms with E-state index in [9.17, 15) is 9.18 Å². The summed E-state index contributed by atoms with van der Waals surface area (Å²) in [7, 11) is 1.69. The Balaban J connectivity index is 2.63. The maximum absolute atomic E-state index is 13.8. The molecule has 0 saturated carbocycles. The molecule has 0 aromatic heterocycles. The summed E-state index contributed by atoms with van der Waals surface area (Å²) >= 11 is 0. The third kappa shape index (κ3) is 4.81. The smallest absolute Gasteiger partial charge is 0.260 e. The van der Waals surface area contributed by atoms with Crippen molar-refractivity contribution in [2.24, 2.45) is 5.73 Å². The highest BCUT2D eigenvalue weighted by Gasteiger charge is 2.14. The predicted molar refractivity (Wildman–Crippen MR) is 77.2 cm³/mol. The number of likely N-dealkylation sites (N-methyl/N-ethyl adjacent to an activating group) is 1. The standard InChI is InChI=1S/C15H23FN2O2/c1-10(2)18(4)15(19)9-20-14-6-5-12(7-11(3)17)8-13(14)16/h5-6,8,10-11H,7,9,17H2,1-4H3. The van der Waals surface area contributed by atoms with Gasteiger partial charge in [0.15, 0.2) is 18.2 Å². The third-order valence-electron chi connectivity index (χ3n) is 3.07. The molecule has 1 rings (SSSR count). The van der Waals surface area contributed by atoms with Gasteiger partial charge in [0, 0.05) is 19.1 Å². The SMILES string of the molecule is CC(N)Cc1ccc(OCC(=O)N(C)C(C)C)c(F)c1. The fourth-order valence-electron chi connectivity index (χ4n) is 1.69. The maximum Gasteiger partial charge on any atom is 0.260 e. The maximum atomic E-state index is 13.8. The molecule has 20 heavy (non-hydrogen) atoms. The van der Waals surface area contributed by atoms with Crippen molar-refractivity contribution in [2.45, 2.75) is 39.3 Å². The second kappa shape index (κ2) is 7.24. The summed E-state index contributed by atoms with van der Waals surface area (Å²) in [6.07, 6.45) is 0.603. The number of hydrogen-bond donors (Lipinski definition) is 1. The van der Waals surface area contributed by atoms with Crippen LogP contribution >= 0.6 is 0 Å². The van der Waals surface area contributed by atoms with E-state index in [-0.39, 0.29) is 30.3 Å². The van der Waals surface area contributed by atoms with Crippen molar-refractivity contribution in [2.75, 3.05) is 13.7 Å². The first-order valence-electron chi connectivity index (χ1n) is 6.73. The molecule has 1 unspecified atom stereocenters. The zero-order valence-corrected chi connectivity index (χ0v) is 12.5. The van der Waals surface area contributed by atoms with Crippen molar-refractivity contribution in [1.82, 2.24) is 4.90 Å². The zero-order valence-electron chi connectivity index (χ0n) is 12.5. The molecular formula is C15H23FN2O2. The van der Waals surface area contributed by atoms with Crippen LogP contribution in [0.3, 0.4) is 0 Å². The quantitative estimate of drug-likeness (QED) is 0.867. The minimum atomic E-state index is -0.469. The van der Waals surface area contributed by atoms with Crippen LogP contribution in [-0.2, 0) is 11.2 Å². The number of nitrogens with zero attached hydrogens (tertiary/aromatic N) is 1. The summed E-state index contributed by atoms with van der Waals surface area (Å²) in [4.78, 5) is 13.3. The Morgan fingerprint density at radius 2 is 2.05 bits per heavy atom. The Hall–Kier alpha value is -1.62. The van der Waals surface area contributed by atoms with E-state index < -0.39 is 5.82 Å². The topological polar surface area (TPSA) is 55.6 Å². The molecule has 0 saturated heterocycles. The third-order valence-corrected chi connectivity index (χ3v) is 3.07. The molecule has 0 heterocycles. The average molecular weight is 282 g/mol. The normalized spacial score (nSPS) is 12.3. The van der Waals surface area contributed by atoms with Gasteiger partial charge in [-0.25, -0.2) is 4.39 Å². The van der Waals surface area contributed by atoms with Crippen LogP contribution in [0.5, 0.6) is 5.75 Å². The van der Waals surface area contributed by atoms with Crippen molar-refractivity contribution in [3.05, 3.63) is 29.6 Å². The van der Waals surface area contributed by atoms with Gasteiger partial charge in [-0.1, -0.05) is 6.07 Å². The molecule has 1 amide bonds. The van der Waals surface area contributed by atoms with E-state index in [0.717, 1.165) is 5.56 Å². The summed E-state index contributed by atoms with van der Waals surface area (Å²) in [6.45, 7) is 5.50. The van der Waals surface area contributed by atoms with Gasteiger partial charge in [0.25, 0.3) is 5.91 Å². The number of carbonyl (C=O) groups excluding carboxylic acids is 1. The lowest BCUT2D eigenvalue weighted by atomic mass is 10.1. The number of carbonyl (C=O) groups is 1. The zero-order chi connectivity index (χ0) is 15.3. The van der Waals surface area contributed by atoms with Crippen molar-refractivity contribution in [1.29, 1.82) is 0 Å². The molecule has 0 aliphatic rings. The van der Waals surface area contributed by atoms with E-state index in [1.165, 1.54) is 12.1 Å². The number of halogens is 1. The van der Waals surface area contributed by atoms with Crippen LogP contribution < -0.4 is 10.5 Å². The molecule has 0 radical (unpaired) electrons. The minimum Gasteiger partial charge on any atom is -0.481 e. The Morgan fingerprint density at radius 1 is 1.40 bits per heavy atom. The van der Waals surface area contributed by atoms with Crippen molar-refractivity contribution >= 4 is 5.91 Å². The molecule has 4 nitrogen and oxygen atoms in total. The second-order valence-electron chi connectivity index (χ2n) is 5.33. The first kappa shape index (κ1) is 16.4. The van der Waals surface area contributed by atoms with E-state index in [4.69, 9.17) is 10.5 Å². The summed E-state index contributed by atoms with van der Waals surface area (Å²) in [5.41, 5.74) is 6.48. The lowest BCUT2D eigenvalue weighted by molar-refractivity contribution is -0.133. The molecule has 0 aliphatic heterocycles. The van der Waals surface area contributed by atoms with Crippen molar-refractivity contribution in [3.8, 4) is 5.75 Å². The van der Waals surface area contributed by atoms with E-state index in [1.54, 1.807) is 18.0 Å². The molecule has 1 atom stereocenters. The summed E-state index contributed by atoms with van der Waals surface area (Å²) < 4.78 is 19.1. The number of nitrogens with two attached hydrogens (primary N) is 1. The van der Waals surface area contributed by atoms with E-state index in [0.29, 0.717) is 6.42 Å². The van der Waals surface area contributed by atoms with E-state index in [2.05, 4.69) is 0 Å². The Morgan fingerprint density at radius 3 is 2.55 bits per heavy atom. The fourth-order valence-corrected chi connectivity index (χ4v) is 1.69. The first-order chi connectivity index (χ1) is 9.31. The number of ether oxygens (including phenoxy) is 1. The molecule has 5 heteroatoms. The lowest BCUT2D eigenvalue weighted by Crippen LogP contribution is -2.36. The van der Waals surface area contributed by atoms with Gasteiger partial charge in [0.05, 0.1) is 0 Å². The van der Waals surface area contributed by atoms with Crippen LogP contribution in [0.25, 0.3) is 0 Å². The van der Waals surface area contributed by atoms with Gasteiger partial charge in [-0.15, -0.1) is 0 Å². The fraction of sp³-hybridized carbons (Fsp3) is 0.533. The summed E-state index contributed by atoms with van der Waals surface area (Å²) in [6, 6.07) is 4.76. The summed E-state index contributed by atoms with van der Waals surface area (Å²) in [5, 5.41) is 0. The van der Waals surface area contributed by atoms with Gasteiger partial charge in [0.1, 0.15) is 0 Å². The molecule has 1 aromatic rings. The summed E-state index contributed by atoms with van der Waals surface area (Å²) in [5.74, 6) is -0.564. The predicted octanol–water partition coefficient (Wildman–Crippen LogP) is 1.96. The van der Waals surface area contributed by atoms with Crippen LogP contribution in [0.15, 0.2) is 18.2 Å². The minimum absolute atomic E-state index is 0.0255. The molecule has 0 spiro atoms. The van der Waals surface area contributed by atoms with Crippen LogP contribution in [0.4, 0.5) is 4.39 Å². The number of amides is 1. The lowest BCUT2D eigenvalue weighted by Gasteiger charge is -2.21. The van der Waals surface area contributed by atoms with Crippen LogP contribution in [0.1, 0.15) is 26.3 Å². The van der Waals surface area contributed by atoms with Crippen LogP contribution in [-0.4, -0.2) is 36.5 Å². The van der Waals surface area contributed by atoms with Crippen molar-refractivity contribution < 1.29 is 13.9 Å². The Bertz CT molecular complexity index is 461. The van der Waals surface area contributed by atoms with E-state index >= 15 is 0 Å². The van der Waals surface area contributed by atoms with Gasteiger partial charge in [-0.3, -0.25) is 4.79 Å². The molecular weight excluding hydrogens is 259 g/mol. The van der Waals surface area contributed by atoms with Gasteiger partial charge in [0.2, 0.25) is 0 Å². The van der Waals surface area contributed by atoms with Crippen molar-refractivity contribution in [3.63, 3.8) is 0 Å². The molecule has 112 valence electrons. The highest BCUT2D eigenvalue weighted by atomic mass is 19.1. The molecule has 0 aliphatic carbocycles. The Kier molecular flexibility index (Phi) is 5.95. The van der Waals surface area contributed by atoms with Crippen LogP contribution in [0, 0.1) is 5.82 Å². The molecule has 0 fully saturated rings. The van der Waals surface area contributed by atoms with Gasteiger partial charge in [-0.05, 0) is 44.9 Å². The second-order valence-corrected chi connectivity index (χ2v) is 5.33. The monoisotopic (exact) mass is 282 g/mol. The number of hydrogen-bond acceptors (Lipinski definition) is 3. The Labute approximate surface area is 119 Å². The first-order valence-corrected chi connectivity index (χ1v) is 6.73. The highest BCUT2D eigenvalue weighted by molar-refractivity contribution is 5.77. The molecule has 1 aromatic carbocycles. The molecule has 0 bridgehead atoms. The number of benzene rings is 1. The van der Waals surface area contributed by atoms with Gasteiger partial charge < -0.3 is 15.4 Å².